The monoisotopic (exact) mass is 331 g/mol. The van der Waals surface area contributed by atoms with Crippen molar-refractivity contribution in [3.63, 3.8) is 0 Å². The van der Waals surface area contributed by atoms with E-state index in [9.17, 15) is 0 Å². The van der Waals surface area contributed by atoms with Gasteiger partial charge in [0, 0.05) is 20.2 Å². The lowest BCUT2D eigenvalue weighted by Gasteiger charge is -2.10. The van der Waals surface area contributed by atoms with Gasteiger partial charge >= 0.3 is 0 Å². The summed E-state index contributed by atoms with van der Waals surface area (Å²) in [4.78, 5) is 22.2. The number of H-pyrrole nitrogens is 1. The van der Waals surface area contributed by atoms with Gasteiger partial charge in [-0.25, -0.2) is 4.98 Å². The van der Waals surface area contributed by atoms with Crippen LogP contribution in [-0.2, 0) is 5.75 Å². The van der Waals surface area contributed by atoms with Gasteiger partial charge < -0.3 is 20.4 Å². The number of benzene rings is 1. The van der Waals surface area contributed by atoms with Gasteiger partial charge in [-0.1, -0.05) is 11.8 Å². The number of ether oxygens (including phenoxy) is 1. The summed E-state index contributed by atoms with van der Waals surface area (Å²) in [6.07, 6.45) is 0. The number of nitrogens with zero attached hydrogens (tertiary/aromatic N) is 5. The van der Waals surface area contributed by atoms with E-state index in [-0.39, 0.29) is 5.95 Å². The van der Waals surface area contributed by atoms with Gasteiger partial charge in [0.15, 0.2) is 5.16 Å². The third-order valence-corrected chi connectivity index (χ3v) is 3.96. The molecule has 23 heavy (non-hydrogen) atoms. The highest BCUT2D eigenvalue weighted by Gasteiger charge is 2.09. The number of rotatable bonds is 5. The molecule has 0 atom stereocenters. The second-order valence-corrected chi connectivity index (χ2v) is 5.98. The van der Waals surface area contributed by atoms with Crippen molar-refractivity contribution in [2.45, 2.75) is 10.9 Å². The highest BCUT2D eigenvalue weighted by Crippen LogP contribution is 2.25. The van der Waals surface area contributed by atoms with Crippen molar-refractivity contribution in [3.8, 4) is 5.75 Å². The SMILES string of the molecule is COc1ccc2nc(SCc3nc(N)nc(N(C)C)n3)[nH]c2c1. The molecule has 0 radical (unpaired) electrons. The van der Waals surface area contributed by atoms with E-state index in [1.54, 1.807) is 12.0 Å². The quantitative estimate of drug-likeness (QED) is 0.680. The van der Waals surface area contributed by atoms with Crippen LogP contribution in [0.2, 0.25) is 0 Å². The molecule has 120 valence electrons. The maximum absolute atomic E-state index is 5.72. The Morgan fingerprint density at radius 1 is 1.22 bits per heavy atom. The Balaban J connectivity index is 1.78. The summed E-state index contributed by atoms with van der Waals surface area (Å²) in [6.45, 7) is 0. The van der Waals surface area contributed by atoms with Crippen molar-refractivity contribution in [3.05, 3.63) is 24.0 Å². The molecule has 0 aliphatic rings. The van der Waals surface area contributed by atoms with Crippen LogP contribution in [0.25, 0.3) is 11.0 Å². The first-order chi connectivity index (χ1) is 11.0. The standard InChI is InChI=1S/C14H17N7OS/c1-21(2)13-19-11(18-12(15)20-13)7-23-14-16-9-5-4-8(22-3)6-10(9)17-14/h4-6H,7H2,1-3H3,(H,16,17)(H2,15,18,19,20). The summed E-state index contributed by atoms with van der Waals surface area (Å²) in [5, 5.41) is 0.790. The Labute approximate surface area is 137 Å². The molecular weight excluding hydrogens is 314 g/mol. The van der Waals surface area contributed by atoms with Gasteiger partial charge in [-0.05, 0) is 12.1 Å². The third-order valence-electron chi connectivity index (χ3n) is 3.09. The lowest BCUT2D eigenvalue weighted by atomic mass is 10.3. The smallest absolute Gasteiger partial charge is 0.229 e. The Morgan fingerprint density at radius 3 is 2.78 bits per heavy atom. The van der Waals surface area contributed by atoms with Crippen LogP contribution in [0.4, 0.5) is 11.9 Å². The van der Waals surface area contributed by atoms with Gasteiger partial charge in [-0.2, -0.15) is 15.0 Å². The predicted molar refractivity (Wildman–Crippen MR) is 90.8 cm³/mol. The number of aromatic amines is 1. The van der Waals surface area contributed by atoms with E-state index in [4.69, 9.17) is 10.5 Å². The van der Waals surface area contributed by atoms with E-state index in [1.807, 2.05) is 32.3 Å². The minimum Gasteiger partial charge on any atom is -0.497 e. The van der Waals surface area contributed by atoms with Gasteiger partial charge in [0.05, 0.1) is 23.9 Å². The molecule has 0 spiro atoms. The van der Waals surface area contributed by atoms with Gasteiger partial charge in [-0.3, -0.25) is 0 Å². The van der Waals surface area contributed by atoms with Crippen molar-refractivity contribution in [1.82, 2.24) is 24.9 Å². The first-order valence-corrected chi connectivity index (χ1v) is 7.88. The van der Waals surface area contributed by atoms with Gasteiger partial charge in [-0.15, -0.1) is 0 Å². The van der Waals surface area contributed by atoms with Crippen LogP contribution < -0.4 is 15.4 Å². The van der Waals surface area contributed by atoms with Crippen LogP contribution in [0, 0.1) is 0 Å². The number of nitrogens with two attached hydrogens (primary N) is 1. The second-order valence-electron chi connectivity index (χ2n) is 5.02. The van der Waals surface area contributed by atoms with E-state index in [1.165, 1.54) is 11.8 Å². The average molecular weight is 331 g/mol. The zero-order valence-corrected chi connectivity index (χ0v) is 13.9. The molecule has 9 heteroatoms. The van der Waals surface area contributed by atoms with Crippen molar-refractivity contribution < 1.29 is 4.74 Å². The lowest BCUT2D eigenvalue weighted by Crippen LogP contribution is -2.15. The lowest BCUT2D eigenvalue weighted by molar-refractivity contribution is 0.415. The Kier molecular flexibility index (Phi) is 4.20. The Morgan fingerprint density at radius 2 is 2.04 bits per heavy atom. The third kappa shape index (κ3) is 3.45. The predicted octanol–water partition coefficient (Wildman–Crippen LogP) is 1.70. The first kappa shape index (κ1) is 15.3. The summed E-state index contributed by atoms with van der Waals surface area (Å²) < 4.78 is 5.21. The fourth-order valence-corrected chi connectivity index (χ4v) is 2.72. The number of fused-ring (bicyclic) bond motifs is 1. The van der Waals surface area contributed by atoms with E-state index in [0.717, 1.165) is 21.9 Å². The number of hydrogen-bond acceptors (Lipinski definition) is 8. The second kappa shape index (κ2) is 6.29. The maximum Gasteiger partial charge on any atom is 0.229 e. The maximum atomic E-state index is 5.72. The van der Waals surface area contributed by atoms with Crippen LogP contribution in [0.15, 0.2) is 23.4 Å². The Bertz CT molecular complexity index is 833. The molecule has 0 fully saturated rings. The molecule has 0 aliphatic heterocycles. The number of aromatic nitrogens is 5. The molecular formula is C14H17N7OS. The molecule has 0 saturated heterocycles. The zero-order valence-electron chi connectivity index (χ0n) is 13.1. The van der Waals surface area contributed by atoms with Gasteiger partial charge in [0.2, 0.25) is 11.9 Å². The fourth-order valence-electron chi connectivity index (χ4n) is 1.98. The highest BCUT2D eigenvalue weighted by molar-refractivity contribution is 7.98. The highest BCUT2D eigenvalue weighted by atomic mass is 32.2. The first-order valence-electron chi connectivity index (χ1n) is 6.89. The number of hydrogen-bond donors (Lipinski definition) is 2. The van der Waals surface area contributed by atoms with Crippen molar-refractivity contribution in [2.75, 3.05) is 31.8 Å². The van der Waals surface area contributed by atoms with Gasteiger partial charge in [0.1, 0.15) is 11.6 Å². The molecule has 3 N–H and O–H groups in total. The van der Waals surface area contributed by atoms with Crippen LogP contribution in [0.5, 0.6) is 5.75 Å². The van der Waals surface area contributed by atoms with Crippen LogP contribution in [-0.4, -0.2) is 46.1 Å². The summed E-state index contributed by atoms with van der Waals surface area (Å²) >= 11 is 1.51. The normalized spacial score (nSPS) is 10.9. The van der Waals surface area contributed by atoms with E-state index < -0.39 is 0 Å². The van der Waals surface area contributed by atoms with Crippen molar-refractivity contribution >= 4 is 34.7 Å². The Hall–Kier alpha value is -2.55. The van der Waals surface area contributed by atoms with Crippen molar-refractivity contribution in [2.24, 2.45) is 0 Å². The minimum absolute atomic E-state index is 0.216. The number of nitrogen functional groups attached to an aromatic ring is 1. The van der Waals surface area contributed by atoms with E-state index in [0.29, 0.717) is 17.5 Å². The summed E-state index contributed by atoms with van der Waals surface area (Å²) in [5.74, 6) is 2.71. The number of methoxy groups -OCH3 is 1. The minimum atomic E-state index is 0.216. The van der Waals surface area contributed by atoms with Crippen LogP contribution in [0.1, 0.15) is 5.82 Å². The summed E-state index contributed by atoms with van der Waals surface area (Å²) in [7, 11) is 5.36. The molecule has 8 nitrogen and oxygen atoms in total. The summed E-state index contributed by atoms with van der Waals surface area (Å²) in [6, 6.07) is 5.71. The number of thioether (sulfide) groups is 1. The molecule has 0 saturated carbocycles. The number of imidazole rings is 1. The van der Waals surface area contributed by atoms with Crippen LogP contribution in [0.3, 0.4) is 0 Å². The largest absolute Gasteiger partial charge is 0.497 e. The van der Waals surface area contributed by atoms with E-state index >= 15 is 0 Å². The van der Waals surface area contributed by atoms with Crippen molar-refractivity contribution in [1.29, 1.82) is 0 Å². The number of anilines is 2. The molecule has 0 bridgehead atoms. The average Bonchev–Trinajstić information content (AvgIpc) is 2.94. The molecule has 3 rings (SSSR count). The molecule has 2 heterocycles. The topological polar surface area (TPSA) is 106 Å². The van der Waals surface area contributed by atoms with Gasteiger partial charge in [0.25, 0.3) is 0 Å². The summed E-state index contributed by atoms with van der Waals surface area (Å²) in [5.41, 5.74) is 7.54. The molecule has 2 aromatic heterocycles. The molecule has 1 aromatic carbocycles. The zero-order chi connectivity index (χ0) is 16.4. The number of nitrogens with one attached hydrogen (secondary N) is 1. The molecule has 3 aromatic rings. The van der Waals surface area contributed by atoms with Crippen LogP contribution >= 0.6 is 11.8 Å². The molecule has 0 unspecified atom stereocenters. The molecule has 0 aliphatic carbocycles. The van der Waals surface area contributed by atoms with E-state index in [2.05, 4.69) is 24.9 Å². The molecule has 0 amide bonds. The fraction of sp³-hybridized carbons (Fsp3) is 0.286.